The van der Waals surface area contributed by atoms with E-state index in [-0.39, 0.29) is 6.10 Å². The lowest BCUT2D eigenvalue weighted by Gasteiger charge is -2.28. The molecule has 0 aromatic carbocycles. The van der Waals surface area contributed by atoms with E-state index in [1.54, 1.807) is 13.8 Å². The van der Waals surface area contributed by atoms with Crippen molar-refractivity contribution in [3.05, 3.63) is 0 Å². The maximum atomic E-state index is 11.5. The highest BCUT2D eigenvalue weighted by atomic mass is 32.2. The molecular formula is C12H25NO3S. The van der Waals surface area contributed by atoms with Crippen LogP contribution in [0.1, 0.15) is 39.5 Å². The monoisotopic (exact) mass is 263 g/mol. The number of sulfone groups is 1. The molecule has 2 N–H and O–H groups in total. The highest BCUT2D eigenvalue weighted by Gasteiger charge is 2.30. The third kappa shape index (κ3) is 4.56. The zero-order valence-electron chi connectivity index (χ0n) is 11.1. The van der Waals surface area contributed by atoms with Crippen LogP contribution in [0.2, 0.25) is 0 Å². The van der Waals surface area contributed by atoms with E-state index in [1.165, 1.54) is 6.26 Å². The Morgan fingerprint density at radius 3 is 2.53 bits per heavy atom. The van der Waals surface area contributed by atoms with Crippen molar-refractivity contribution in [2.45, 2.75) is 50.4 Å². The maximum Gasteiger partial charge on any atom is 0.153 e. The van der Waals surface area contributed by atoms with Gasteiger partial charge in [0.25, 0.3) is 0 Å². The first kappa shape index (κ1) is 14.9. The summed E-state index contributed by atoms with van der Waals surface area (Å²) in [5.74, 6) is 0.481. The molecule has 0 radical (unpaired) electrons. The van der Waals surface area contributed by atoms with Gasteiger partial charge in [0, 0.05) is 12.8 Å². The molecule has 1 fully saturated rings. The minimum atomic E-state index is -3.03. The van der Waals surface area contributed by atoms with Crippen LogP contribution in [0.3, 0.4) is 0 Å². The first-order valence-electron chi connectivity index (χ1n) is 6.31. The predicted octanol–water partition coefficient (Wildman–Crippen LogP) is 0.950. The van der Waals surface area contributed by atoms with Gasteiger partial charge in [0.2, 0.25) is 0 Å². The van der Waals surface area contributed by atoms with E-state index >= 15 is 0 Å². The van der Waals surface area contributed by atoms with Crippen molar-refractivity contribution in [3.8, 4) is 0 Å². The van der Waals surface area contributed by atoms with Crippen LogP contribution in [0.5, 0.6) is 0 Å². The molecule has 1 aliphatic carbocycles. The minimum absolute atomic E-state index is 0.168. The fourth-order valence-electron chi connectivity index (χ4n) is 2.16. The van der Waals surface area contributed by atoms with E-state index in [4.69, 9.17) is 0 Å². The van der Waals surface area contributed by atoms with Crippen LogP contribution in [0.15, 0.2) is 0 Å². The summed E-state index contributed by atoms with van der Waals surface area (Å²) in [6, 6.07) is 0. The first-order valence-corrected chi connectivity index (χ1v) is 8.20. The highest BCUT2D eigenvalue weighted by molar-refractivity contribution is 7.92. The summed E-state index contributed by atoms with van der Waals surface area (Å²) in [7, 11) is -3.03. The third-order valence-electron chi connectivity index (χ3n) is 3.74. The van der Waals surface area contributed by atoms with E-state index in [1.807, 2.05) is 0 Å². The van der Waals surface area contributed by atoms with Gasteiger partial charge in [0.15, 0.2) is 9.84 Å². The molecule has 0 amide bonds. The molecule has 5 heteroatoms. The Bertz CT molecular complexity index is 338. The van der Waals surface area contributed by atoms with Crippen LogP contribution in [0, 0.1) is 5.92 Å². The lowest BCUT2D eigenvalue weighted by atomic mass is 9.87. The molecule has 0 bridgehead atoms. The second-order valence-electron chi connectivity index (χ2n) is 5.85. The van der Waals surface area contributed by atoms with Gasteiger partial charge in [0.1, 0.15) is 0 Å². The second-order valence-corrected chi connectivity index (χ2v) is 8.50. The van der Waals surface area contributed by atoms with Crippen molar-refractivity contribution in [3.63, 3.8) is 0 Å². The Labute approximate surface area is 105 Å². The Kier molecular flexibility index (Phi) is 4.98. The molecule has 0 spiro atoms. The lowest BCUT2D eigenvalue weighted by Crippen LogP contribution is -2.43. The van der Waals surface area contributed by atoms with Gasteiger partial charge >= 0.3 is 0 Å². The second kappa shape index (κ2) is 5.67. The highest BCUT2D eigenvalue weighted by Crippen LogP contribution is 2.23. The van der Waals surface area contributed by atoms with Crippen molar-refractivity contribution in [1.82, 2.24) is 5.32 Å². The lowest BCUT2D eigenvalue weighted by molar-refractivity contribution is 0.101. The Balaban J connectivity index is 2.32. The molecule has 0 aromatic heterocycles. The molecule has 1 rings (SSSR count). The summed E-state index contributed by atoms with van der Waals surface area (Å²) in [4.78, 5) is 0. The zero-order chi connectivity index (χ0) is 13.1. The molecule has 0 heterocycles. The van der Waals surface area contributed by atoms with Gasteiger partial charge in [-0.05, 0) is 45.6 Å². The van der Waals surface area contributed by atoms with Gasteiger partial charge in [-0.2, -0.15) is 0 Å². The third-order valence-corrected chi connectivity index (χ3v) is 5.89. The van der Waals surface area contributed by atoms with Crippen LogP contribution >= 0.6 is 0 Å². The number of nitrogens with one attached hydrogen (secondary N) is 1. The van der Waals surface area contributed by atoms with E-state index in [2.05, 4.69) is 5.32 Å². The summed E-state index contributed by atoms with van der Waals surface area (Å²) < 4.78 is 22.3. The van der Waals surface area contributed by atoms with E-state index in [9.17, 15) is 13.5 Å². The average Bonchev–Trinajstić information content (AvgIpc) is 2.15. The number of hydrogen-bond acceptors (Lipinski definition) is 4. The molecular weight excluding hydrogens is 238 g/mol. The van der Waals surface area contributed by atoms with Gasteiger partial charge < -0.3 is 10.4 Å². The molecule has 0 saturated heterocycles. The zero-order valence-corrected chi connectivity index (χ0v) is 11.9. The van der Waals surface area contributed by atoms with E-state index < -0.39 is 14.6 Å². The fourth-order valence-corrected chi connectivity index (χ4v) is 2.52. The number of aliphatic hydroxyl groups is 1. The van der Waals surface area contributed by atoms with Crippen molar-refractivity contribution < 1.29 is 13.5 Å². The summed E-state index contributed by atoms with van der Waals surface area (Å²) in [6.45, 7) is 4.75. The summed E-state index contributed by atoms with van der Waals surface area (Å²) in [5, 5.41) is 12.8. The van der Waals surface area contributed by atoms with Gasteiger partial charge in [-0.15, -0.1) is 0 Å². The van der Waals surface area contributed by atoms with Crippen LogP contribution < -0.4 is 5.32 Å². The molecule has 4 nitrogen and oxygen atoms in total. The Morgan fingerprint density at radius 1 is 1.35 bits per heavy atom. The first-order chi connectivity index (χ1) is 7.72. The van der Waals surface area contributed by atoms with Crippen LogP contribution in [0.4, 0.5) is 0 Å². The van der Waals surface area contributed by atoms with Gasteiger partial charge in [-0.25, -0.2) is 8.42 Å². The summed E-state index contributed by atoms with van der Waals surface area (Å²) >= 11 is 0. The molecule has 0 aliphatic heterocycles. The van der Waals surface area contributed by atoms with Crippen LogP contribution in [-0.2, 0) is 9.84 Å². The number of aliphatic hydroxyl groups excluding tert-OH is 1. The molecule has 1 saturated carbocycles. The van der Waals surface area contributed by atoms with E-state index in [0.717, 1.165) is 32.2 Å². The number of rotatable bonds is 5. The van der Waals surface area contributed by atoms with Crippen molar-refractivity contribution in [2.24, 2.45) is 5.92 Å². The fraction of sp³-hybridized carbons (Fsp3) is 1.00. The van der Waals surface area contributed by atoms with Gasteiger partial charge in [-0.3, -0.25) is 0 Å². The van der Waals surface area contributed by atoms with Gasteiger partial charge in [0.05, 0.1) is 10.9 Å². The molecule has 102 valence electrons. The molecule has 2 unspecified atom stereocenters. The van der Waals surface area contributed by atoms with Crippen molar-refractivity contribution in [2.75, 3.05) is 19.3 Å². The number of hydrogen-bond donors (Lipinski definition) is 2. The van der Waals surface area contributed by atoms with Crippen LogP contribution in [-0.4, -0.2) is 43.7 Å². The quantitative estimate of drug-likeness (QED) is 0.775. The molecule has 0 aromatic rings. The Hall–Kier alpha value is -0.130. The molecule has 17 heavy (non-hydrogen) atoms. The maximum absolute atomic E-state index is 11.5. The SMILES string of the molecule is CC(C)(CNCC1CCCC(O)C1)S(C)(=O)=O. The van der Waals surface area contributed by atoms with Crippen LogP contribution in [0.25, 0.3) is 0 Å². The molecule has 2 atom stereocenters. The normalized spacial score (nSPS) is 27.1. The summed E-state index contributed by atoms with van der Waals surface area (Å²) in [5.41, 5.74) is 0. The summed E-state index contributed by atoms with van der Waals surface area (Å²) in [6.07, 6.45) is 5.06. The predicted molar refractivity (Wildman–Crippen MR) is 69.8 cm³/mol. The minimum Gasteiger partial charge on any atom is -0.393 e. The molecule has 1 aliphatic rings. The standard InChI is InChI=1S/C12H25NO3S/c1-12(2,17(3,15)16)9-13-8-10-5-4-6-11(14)7-10/h10-11,13-14H,4-9H2,1-3H3. The largest absolute Gasteiger partial charge is 0.393 e. The smallest absolute Gasteiger partial charge is 0.153 e. The van der Waals surface area contributed by atoms with E-state index in [0.29, 0.717) is 12.5 Å². The Morgan fingerprint density at radius 2 is 2.00 bits per heavy atom. The average molecular weight is 263 g/mol. The van der Waals surface area contributed by atoms with Crippen molar-refractivity contribution in [1.29, 1.82) is 0 Å². The van der Waals surface area contributed by atoms with Crippen molar-refractivity contribution >= 4 is 9.84 Å². The van der Waals surface area contributed by atoms with Gasteiger partial charge in [-0.1, -0.05) is 6.42 Å². The topological polar surface area (TPSA) is 66.4 Å².